The Hall–Kier alpha value is -0.120. The molecule has 1 fully saturated rings. The molecule has 0 saturated carbocycles. The third-order valence-electron chi connectivity index (χ3n) is 3.51. The molecule has 78 valence electrons. The largest absolute Gasteiger partial charge is 0.388 e. The molecule has 0 amide bonds. The average molecular weight is 187 g/mol. The Labute approximate surface area is 80.3 Å². The van der Waals surface area contributed by atoms with Crippen molar-refractivity contribution in [1.82, 2.24) is 0 Å². The minimum absolute atomic E-state index is 0.434. The molecule has 1 aliphatic heterocycles. The van der Waals surface area contributed by atoms with Gasteiger partial charge in [-0.25, -0.2) is 0 Å². The van der Waals surface area contributed by atoms with Gasteiger partial charge in [-0.05, 0) is 12.8 Å². The summed E-state index contributed by atoms with van der Waals surface area (Å²) < 4.78 is 5.23. The van der Waals surface area contributed by atoms with E-state index in [0.717, 1.165) is 12.8 Å². The maximum Gasteiger partial charge on any atom is 0.0869 e. The highest BCUT2D eigenvalue weighted by atomic mass is 16.5. The lowest BCUT2D eigenvalue weighted by Gasteiger charge is -2.46. The molecular weight excluding hydrogens is 166 g/mol. The first kappa shape index (κ1) is 11.0. The van der Waals surface area contributed by atoms with Crippen LogP contribution in [0.1, 0.15) is 39.5 Å². The lowest BCUT2D eigenvalue weighted by Crippen LogP contribution is -2.62. The molecule has 0 aromatic heterocycles. The summed E-state index contributed by atoms with van der Waals surface area (Å²) in [5, 5.41) is 10.4. The Morgan fingerprint density at radius 2 is 1.77 bits per heavy atom. The van der Waals surface area contributed by atoms with E-state index in [1.54, 1.807) is 0 Å². The number of hydrogen-bond acceptors (Lipinski definition) is 3. The molecule has 3 nitrogen and oxygen atoms in total. The Balaban J connectivity index is 2.74. The van der Waals surface area contributed by atoms with Gasteiger partial charge in [0.2, 0.25) is 0 Å². The molecule has 0 aromatic carbocycles. The van der Waals surface area contributed by atoms with Gasteiger partial charge in [-0.3, -0.25) is 0 Å². The zero-order chi connectivity index (χ0) is 9.95. The highest BCUT2D eigenvalue weighted by Crippen LogP contribution is 2.34. The van der Waals surface area contributed by atoms with E-state index in [-0.39, 0.29) is 0 Å². The van der Waals surface area contributed by atoms with Crippen LogP contribution in [0.15, 0.2) is 0 Å². The van der Waals surface area contributed by atoms with Gasteiger partial charge in [-0.15, -0.1) is 0 Å². The summed E-state index contributed by atoms with van der Waals surface area (Å²) in [4.78, 5) is 0. The maximum atomic E-state index is 10.4. The second kappa shape index (κ2) is 3.95. The first-order chi connectivity index (χ1) is 6.08. The zero-order valence-corrected chi connectivity index (χ0v) is 8.68. The van der Waals surface area contributed by atoms with Crippen LogP contribution in [0.25, 0.3) is 0 Å². The highest BCUT2D eigenvalue weighted by molar-refractivity contribution is 5.02. The van der Waals surface area contributed by atoms with Crippen molar-refractivity contribution in [1.29, 1.82) is 0 Å². The summed E-state index contributed by atoms with van der Waals surface area (Å²) in [5.74, 6) is 0. The SMILES string of the molecule is CCC(N)(CC)C1(O)CCOCC1. The molecule has 0 radical (unpaired) electrons. The predicted molar refractivity (Wildman–Crippen MR) is 52.5 cm³/mol. The van der Waals surface area contributed by atoms with Crippen molar-refractivity contribution in [2.75, 3.05) is 13.2 Å². The molecule has 13 heavy (non-hydrogen) atoms. The molecule has 0 atom stereocenters. The fraction of sp³-hybridized carbons (Fsp3) is 1.00. The van der Waals surface area contributed by atoms with Gasteiger partial charge in [0.1, 0.15) is 0 Å². The van der Waals surface area contributed by atoms with E-state index in [9.17, 15) is 5.11 Å². The smallest absolute Gasteiger partial charge is 0.0869 e. The fourth-order valence-corrected chi connectivity index (χ4v) is 2.12. The Morgan fingerprint density at radius 3 is 2.15 bits per heavy atom. The van der Waals surface area contributed by atoms with E-state index < -0.39 is 11.1 Å². The average Bonchev–Trinajstić information content (AvgIpc) is 2.17. The van der Waals surface area contributed by atoms with Crippen molar-refractivity contribution in [3.63, 3.8) is 0 Å². The monoisotopic (exact) mass is 187 g/mol. The van der Waals surface area contributed by atoms with Crippen LogP contribution in [-0.2, 0) is 4.74 Å². The molecule has 0 aromatic rings. The van der Waals surface area contributed by atoms with Crippen LogP contribution in [0.3, 0.4) is 0 Å². The highest BCUT2D eigenvalue weighted by Gasteiger charge is 2.45. The van der Waals surface area contributed by atoms with E-state index >= 15 is 0 Å². The predicted octanol–water partition coefficient (Wildman–Crippen LogP) is 1.05. The van der Waals surface area contributed by atoms with Crippen molar-refractivity contribution in [3.05, 3.63) is 0 Å². The lowest BCUT2D eigenvalue weighted by atomic mass is 9.72. The molecule has 1 heterocycles. The molecule has 3 N–H and O–H groups in total. The molecule has 0 bridgehead atoms. The van der Waals surface area contributed by atoms with Crippen molar-refractivity contribution >= 4 is 0 Å². The van der Waals surface area contributed by atoms with Gasteiger partial charge >= 0.3 is 0 Å². The number of rotatable bonds is 3. The molecule has 0 unspecified atom stereocenters. The van der Waals surface area contributed by atoms with E-state index in [1.165, 1.54) is 0 Å². The zero-order valence-electron chi connectivity index (χ0n) is 8.68. The normalized spacial score (nSPS) is 23.1. The second-order valence-corrected chi connectivity index (χ2v) is 4.01. The summed E-state index contributed by atoms with van der Waals surface area (Å²) in [6.45, 7) is 5.35. The molecule has 0 spiro atoms. The van der Waals surface area contributed by atoms with Gasteiger partial charge in [0.05, 0.1) is 5.60 Å². The Kier molecular flexibility index (Phi) is 3.33. The summed E-state index contributed by atoms with van der Waals surface area (Å²) in [5.41, 5.74) is 5.05. The van der Waals surface area contributed by atoms with Crippen LogP contribution in [0, 0.1) is 0 Å². The minimum Gasteiger partial charge on any atom is -0.388 e. The quantitative estimate of drug-likeness (QED) is 0.694. The van der Waals surface area contributed by atoms with Crippen LogP contribution >= 0.6 is 0 Å². The summed E-state index contributed by atoms with van der Waals surface area (Å²) >= 11 is 0. The summed E-state index contributed by atoms with van der Waals surface area (Å²) in [6, 6.07) is 0. The molecule has 1 saturated heterocycles. The van der Waals surface area contributed by atoms with Gasteiger partial charge in [-0.1, -0.05) is 13.8 Å². The molecular formula is C10H21NO2. The van der Waals surface area contributed by atoms with Crippen LogP contribution in [0.5, 0.6) is 0 Å². The number of hydrogen-bond donors (Lipinski definition) is 2. The van der Waals surface area contributed by atoms with Crippen molar-refractivity contribution in [2.24, 2.45) is 5.73 Å². The van der Waals surface area contributed by atoms with Crippen molar-refractivity contribution in [2.45, 2.75) is 50.7 Å². The van der Waals surface area contributed by atoms with Gasteiger partial charge in [0.25, 0.3) is 0 Å². The van der Waals surface area contributed by atoms with Crippen LogP contribution < -0.4 is 5.73 Å². The van der Waals surface area contributed by atoms with Crippen molar-refractivity contribution in [3.8, 4) is 0 Å². The van der Waals surface area contributed by atoms with Gasteiger partial charge in [0.15, 0.2) is 0 Å². The van der Waals surface area contributed by atoms with E-state index in [4.69, 9.17) is 10.5 Å². The Morgan fingerprint density at radius 1 is 1.31 bits per heavy atom. The van der Waals surface area contributed by atoms with Crippen LogP contribution in [0.2, 0.25) is 0 Å². The van der Waals surface area contributed by atoms with E-state index in [2.05, 4.69) is 0 Å². The molecule has 1 aliphatic rings. The summed E-state index contributed by atoms with van der Waals surface area (Å²) in [6.07, 6.45) is 2.98. The van der Waals surface area contributed by atoms with Gasteiger partial charge in [0, 0.05) is 31.6 Å². The van der Waals surface area contributed by atoms with E-state index in [0.29, 0.717) is 26.1 Å². The third-order valence-corrected chi connectivity index (χ3v) is 3.51. The van der Waals surface area contributed by atoms with Crippen LogP contribution in [0.4, 0.5) is 0 Å². The lowest BCUT2D eigenvalue weighted by molar-refractivity contribution is -0.112. The van der Waals surface area contributed by atoms with Crippen LogP contribution in [-0.4, -0.2) is 29.5 Å². The second-order valence-electron chi connectivity index (χ2n) is 4.01. The first-order valence-corrected chi connectivity index (χ1v) is 5.17. The first-order valence-electron chi connectivity index (χ1n) is 5.17. The fourth-order valence-electron chi connectivity index (χ4n) is 2.12. The van der Waals surface area contributed by atoms with E-state index in [1.807, 2.05) is 13.8 Å². The maximum absolute atomic E-state index is 10.4. The molecule has 0 aliphatic carbocycles. The molecule has 3 heteroatoms. The van der Waals surface area contributed by atoms with Gasteiger partial charge < -0.3 is 15.6 Å². The molecule has 1 rings (SSSR count). The number of ether oxygens (including phenoxy) is 1. The minimum atomic E-state index is -0.714. The topological polar surface area (TPSA) is 55.5 Å². The number of aliphatic hydroxyl groups is 1. The third kappa shape index (κ3) is 1.87. The van der Waals surface area contributed by atoms with Crippen molar-refractivity contribution < 1.29 is 9.84 Å². The standard InChI is InChI=1S/C10H21NO2/c1-3-9(11,4-2)10(12)5-7-13-8-6-10/h12H,3-8,11H2,1-2H3. The number of nitrogens with two attached hydrogens (primary N) is 1. The summed E-state index contributed by atoms with van der Waals surface area (Å²) in [7, 11) is 0. The van der Waals surface area contributed by atoms with Gasteiger partial charge in [-0.2, -0.15) is 0 Å². The Bertz CT molecular complexity index is 160.